The molecule has 1 aliphatic carbocycles. The normalized spacial score (nSPS) is 18.2. The molecule has 0 radical (unpaired) electrons. The van der Waals surface area contributed by atoms with Gasteiger partial charge in [-0.25, -0.2) is 4.39 Å². The fourth-order valence-corrected chi connectivity index (χ4v) is 5.39. The van der Waals surface area contributed by atoms with Crippen molar-refractivity contribution in [2.45, 2.75) is 17.2 Å². The van der Waals surface area contributed by atoms with Crippen molar-refractivity contribution in [3.63, 3.8) is 0 Å². The number of carbonyl (C=O) groups excluding carboxylic acids is 2. The maximum absolute atomic E-state index is 13.2. The SMILES string of the molecule is Cc1c(Cl)cc([C@@H]2[C@@H](C(=O)Nc3ccc(Cl)c(C(=O)N(C)c4ccc(F)cc4)c3)C2(Cl)Cl)cc1Cl. The second-order valence-electron chi connectivity index (χ2n) is 8.26. The van der Waals surface area contributed by atoms with Crippen LogP contribution in [0, 0.1) is 18.7 Å². The van der Waals surface area contributed by atoms with E-state index in [9.17, 15) is 14.0 Å². The van der Waals surface area contributed by atoms with E-state index in [0.717, 1.165) is 5.56 Å². The van der Waals surface area contributed by atoms with Crippen molar-refractivity contribution in [3.8, 4) is 0 Å². The van der Waals surface area contributed by atoms with Gasteiger partial charge in [-0.2, -0.15) is 0 Å². The van der Waals surface area contributed by atoms with Crippen molar-refractivity contribution >= 4 is 81.2 Å². The Bertz CT molecular complexity index is 1310. The molecule has 0 aliphatic heterocycles. The van der Waals surface area contributed by atoms with Crippen LogP contribution in [-0.2, 0) is 4.79 Å². The number of anilines is 2. The molecule has 0 aromatic heterocycles. The zero-order valence-electron chi connectivity index (χ0n) is 18.4. The molecule has 0 heterocycles. The lowest BCUT2D eigenvalue weighted by Crippen LogP contribution is -2.26. The second kappa shape index (κ2) is 9.79. The third kappa shape index (κ3) is 5.11. The molecule has 0 unspecified atom stereocenters. The van der Waals surface area contributed by atoms with Crippen LogP contribution in [-0.4, -0.2) is 23.2 Å². The summed E-state index contributed by atoms with van der Waals surface area (Å²) in [5.74, 6) is -2.56. The zero-order chi connectivity index (χ0) is 25.7. The first-order valence-electron chi connectivity index (χ1n) is 10.4. The molecule has 0 bridgehead atoms. The van der Waals surface area contributed by atoms with Gasteiger partial charge in [-0.1, -0.05) is 34.8 Å². The van der Waals surface area contributed by atoms with Gasteiger partial charge in [0.15, 0.2) is 0 Å². The summed E-state index contributed by atoms with van der Waals surface area (Å²) in [6.07, 6.45) is 0. The maximum atomic E-state index is 13.2. The van der Waals surface area contributed by atoms with E-state index in [0.29, 0.717) is 27.0 Å². The van der Waals surface area contributed by atoms with E-state index in [2.05, 4.69) is 5.32 Å². The Hall–Kier alpha value is -2.02. The summed E-state index contributed by atoms with van der Waals surface area (Å²) in [7, 11) is 1.54. The molecular formula is C25H18Cl5FN2O2. The summed E-state index contributed by atoms with van der Waals surface area (Å²) >= 11 is 31.6. The van der Waals surface area contributed by atoms with Gasteiger partial charge in [-0.05, 0) is 72.6 Å². The molecule has 182 valence electrons. The third-order valence-electron chi connectivity index (χ3n) is 5.98. The smallest absolute Gasteiger partial charge is 0.259 e. The van der Waals surface area contributed by atoms with Crippen molar-refractivity contribution in [3.05, 3.63) is 92.2 Å². The predicted molar refractivity (Wildman–Crippen MR) is 141 cm³/mol. The summed E-state index contributed by atoms with van der Waals surface area (Å²) < 4.78 is 11.9. The summed E-state index contributed by atoms with van der Waals surface area (Å²) in [5, 5.41) is 3.85. The Balaban J connectivity index is 1.54. The highest BCUT2D eigenvalue weighted by atomic mass is 35.5. The molecule has 1 fully saturated rings. The molecule has 1 N–H and O–H groups in total. The second-order valence-corrected chi connectivity index (χ2v) is 10.9. The van der Waals surface area contributed by atoms with Crippen LogP contribution in [0.2, 0.25) is 15.1 Å². The fraction of sp³-hybridized carbons (Fsp3) is 0.200. The number of amides is 2. The molecule has 1 saturated carbocycles. The lowest BCUT2D eigenvalue weighted by molar-refractivity contribution is -0.117. The average Bonchev–Trinajstić information content (AvgIpc) is 3.40. The Morgan fingerprint density at radius 2 is 1.54 bits per heavy atom. The lowest BCUT2D eigenvalue weighted by atomic mass is 10.1. The number of halogens is 6. The third-order valence-corrected chi connectivity index (χ3v) is 8.04. The minimum atomic E-state index is -1.35. The van der Waals surface area contributed by atoms with Crippen LogP contribution >= 0.6 is 58.0 Å². The van der Waals surface area contributed by atoms with E-state index in [1.54, 1.807) is 32.2 Å². The van der Waals surface area contributed by atoms with Gasteiger partial charge in [-0.15, -0.1) is 23.2 Å². The van der Waals surface area contributed by atoms with Gasteiger partial charge in [0.2, 0.25) is 5.91 Å². The standard InChI is InChI=1S/C25H18Cl5FN2O2/c1-12-19(27)9-13(10-20(12)28)21-22(25(21,29)30)23(34)32-15-5-8-18(26)17(11-15)24(35)33(2)16-6-3-14(31)4-7-16/h3-11,21-22H,1-2H3,(H,32,34)/t21-,22+/m1/s1. The first kappa shape index (κ1) is 26.1. The van der Waals surface area contributed by atoms with E-state index in [-0.39, 0.29) is 10.6 Å². The van der Waals surface area contributed by atoms with Gasteiger partial charge in [0.25, 0.3) is 5.91 Å². The molecule has 1 aliphatic rings. The van der Waals surface area contributed by atoms with Crippen LogP contribution < -0.4 is 10.2 Å². The van der Waals surface area contributed by atoms with Crippen molar-refractivity contribution in [2.24, 2.45) is 5.92 Å². The predicted octanol–water partition coefficient (Wildman–Crippen LogP) is 7.90. The van der Waals surface area contributed by atoms with Crippen LogP contribution in [0.3, 0.4) is 0 Å². The first-order valence-corrected chi connectivity index (χ1v) is 12.3. The van der Waals surface area contributed by atoms with Gasteiger partial charge < -0.3 is 10.2 Å². The first-order chi connectivity index (χ1) is 16.4. The molecule has 35 heavy (non-hydrogen) atoms. The summed E-state index contributed by atoms with van der Waals surface area (Å²) in [6, 6.07) is 13.4. The number of hydrogen-bond acceptors (Lipinski definition) is 2. The van der Waals surface area contributed by atoms with E-state index in [1.807, 2.05) is 0 Å². The molecule has 4 nitrogen and oxygen atoms in total. The van der Waals surface area contributed by atoms with Crippen molar-refractivity contribution in [1.29, 1.82) is 0 Å². The minimum Gasteiger partial charge on any atom is -0.326 e. The van der Waals surface area contributed by atoms with E-state index < -0.39 is 33.8 Å². The molecule has 0 saturated heterocycles. The van der Waals surface area contributed by atoms with E-state index in [4.69, 9.17) is 58.0 Å². The highest BCUT2D eigenvalue weighted by molar-refractivity contribution is 6.53. The lowest BCUT2D eigenvalue weighted by Gasteiger charge is -2.18. The monoisotopic (exact) mass is 572 g/mol. The Morgan fingerprint density at radius 3 is 2.14 bits per heavy atom. The number of rotatable bonds is 5. The molecule has 10 heteroatoms. The van der Waals surface area contributed by atoms with Crippen LogP contribution in [0.25, 0.3) is 0 Å². The van der Waals surface area contributed by atoms with Crippen molar-refractivity contribution in [2.75, 3.05) is 17.3 Å². The number of nitrogens with one attached hydrogen (secondary N) is 1. The minimum absolute atomic E-state index is 0.156. The highest BCUT2D eigenvalue weighted by Gasteiger charge is 2.67. The van der Waals surface area contributed by atoms with Gasteiger partial charge in [-0.3, -0.25) is 9.59 Å². The summed E-state index contributed by atoms with van der Waals surface area (Å²) in [4.78, 5) is 27.4. The molecular weight excluding hydrogens is 557 g/mol. The number of benzene rings is 3. The zero-order valence-corrected chi connectivity index (χ0v) is 22.2. The van der Waals surface area contributed by atoms with Crippen LogP contribution in [0.4, 0.5) is 15.8 Å². The van der Waals surface area contributed by atoms with Crippen LogP contribution in [0.5, 0.6) is 0 Å². The van der Waals surface area contributed by atoms with E-state index >= 15 is 0 Å². The van der Waals surface area contributed by atoms with Gasteiger partial charge in [0.05, 0.1) is 16.5 Å². The van der Waals surface area contributed by atoms with Crippen molar-refractivity contribution < 1.29 is 14.0 Å². The van der Waals surface area contributed by atoms with Gasteiger partial charge in [0.1, 0.15) is 10.2 Å². The van der Waals surface area contributed by atoms with E-state index in [1.165, 1.54) is 41.3 Å². The number of nitrogens with zero attached hydrogens (tertiary/aromatic N) is 1. The maximum Gasteiger partial charge on any atom is 0.259 e. The molecule has 3 aromatic carbocycles. The Labute approximate surface area is 226 Å². The molecule has 2 amide bonds. The largest absolute Gasteiger partial charge is 0.326 e. The topological polar surface area (TPSA) is 49.4 Å². The molecule has 2 atom stereocenters. The summed E-state index contributed by atoms with van der Waals surface area (Å²) in [6.45, 7) is 1.78. The molecule has 3 aromatic rings. The quantitative estimate of drug-likeness (QED) is 0.315. The molecule has 4 rings (SSSR count). The fourth-order valence-electron chi connectivity index (χ4n) is 3.86. The number of hydrogen-bond donors (Lipinski definition) is 1. The molecule has 0 spiro atoms. The summed E-state index contributed by atoms with van der Waals surface area (Å²) in [5.41, 5.74) is 2.35. The number of carbonyl (C=O) groups is 2. The highest BCUT2D eigenvalue weighted by Crippen LogP contribution is 2.65. The van der Waals surface area contributed by atoms with Crippen molar-refractivity contribution in [1.82, 2.24) is 0 Å². The van der Waals surface area contributed by atoms with Crippen LogP contribution in [0.15, 0.2) is 54.6 Å². The Morgan fingerprint density at radius 1 is 0.943 bits per heavy atom. The van der Waals surface area contributed by atoms with Gasteiger partial charge >= 0.3 is 0 Å². The Kier molecular flexibility index (Phi) is 7.29. The number of alkyl halides is 2. The average molecular weight is 575 g/mol. The van der Waals surface area contributed by atoms with Crippen LogP contribution in [0.1, 0.15) is 27.4 Å². The van der Waals surface area contributed by atoms with Gasteiger partial charge in [0, 0.05) is 34.4 Å².